The van der Waals surface area contributed by atoms with Gasteiger partial charge in [0, 0.05) is 22.7 Å². The second-order valence-corrected chi connectivity index (χ2v) is 5.69. The van der Waals surface area contributed by atoms with Gasteiger partial charge in [0.2, 0.25) is 0 Å². The summed E-state index contributed by atoms with van der Waals surface area (Å²) in [5, 5.41) is 4.04. The van der Waals surface area contributed by atoms with Crippen molar-refractivity contribution in [3.05, 3.63) is 47.1 Å². The zero-order chi connectivity index (χ0) is 18.0. The Balaban J connectivity index is 1.99. The fourth-order valence-corrected chi connectivity index (χ4v) is 2.78. The molecule has 1 amide bonds. The van der Waals surface area contributed by atoms with Gasteiger partial charge in [-0.2, -0.15) is 0 Å². The highest BCUT2D eigenvalue weighted by molar-refractivity contribution is 6.31. The molecule has 130 valence electrons. The smallest absolute Gasteiger partial charge is 0.257 e. The van der Waals surface area contributed by atoms with Crippen molar-refractivity contribution in [3.8, 4) is 17.2 Å². The van der Waals surface area contributed by atoms with Crippen LogP contribution in [0.4, 0.5) is 5.69 Å². The van der Waals surface area contributed by atoms with E-state index in [2.05, 4.69) is 10.3 Å². The molecular formula is C18H17ClN2O4. The Bertz CT molecular complexity index is 936. The molecule has 1 heterocycles. The van der Waals surface area contributed by atoms with Gasteiger partial charge >= 0.3 is 0 Å². The van der Waals surface area contributed by atoms with Gasteiger partial charge in [-0.15, -0.1) is 0 Å². The number of hydrogen-bond acceptors (Lipinski definition) is 4. The molecule has 0 atom stereocenters. The fraction of sp³-hybridized carbons (Fsp3) is 0.167. The molecule has 0 aliphatic carbocycles. The number of aromatic amines is 1. The summed E-state index contributed by atoms with van der Waals surface area (Å²) in [7, 11) is 4.64. The van der Waals surface area contributed by atoms with Crippen LogP contribution in [-0.4, -0.2) is 32.2 Å². The molecule has 0 spiro atoms. The first-order valence-electron chi connectivity index (χ1n) is 7.45. The predicted octanol–water partition coefficient (Wildman–Crippen LogP) is 4.10. The number of fused-ring (bicyclic) bond motifs is 1. The number of hydrogen-bond donors (Lipinski definition) is 2. The van der Waals surface area contributed by atoms with E-state index in [0.29, 0.717) is 33.5 Å². The first-order valence-corrected chi connectivity index (χ1v) is 7.83. The van der Waals surface area contributed by atoms with Crippen LogP contribution >= 0.6 is 11.6 Å². The summed E-state index contributed by atoms with van der Waals surface area (Å²) >= 11 is 6.01. The maximum absolute atomic E-state index is 12.7. The molecule has 0 unspecified atom stereocenters. The largest absolute Gasteiger partial charge is 0.495 e. The van der Waals surface area contributed by atoms with Crippen molar-refractivity contribution < 1.29 is 19.0 Å². The summed E-state index contributed by atoms with van der Waals surface area (Å²) in [4.78, 5) is 15.8. The van der Waals surface area contributed by atoms with Gasteiger partial charge in [0.15, 0.2) is 11.5 Å². The number of halogens is 1. The van der Waals surface area contributed by atoms with Crippen LogP contribution in [0.1, 0.15) is 10.4 Å². The van der Waals surface area contributed by atoms with E-state index in [1.165, 1.54) is 7.11 Å². The molecule has 25 heavy (non-hydrogen) atoms. The van der Waals surface area contributed by atoms with Crippen molar-refractivity contribution in [2.24, 2.45) is 0 Å². The lowest BCUT2D eigenvalue weighted by molar-refractivity contribution is 0.102. The highest BCUT2D eigenvalue weighted by Crippen LogP contribution is 2.34. The third kappa shape index (κ3) is 3.21. The van der Waals surface area contributed by atoms with Crippen LogP contribution in [0.5, 0.6) is 17.2 Å². The van der Waals surface area contributed by atoms with Gasteiger partial charge in [-0.25, -0.2) is 0 Å². The Kier molecular flexibility index (Phi) is 4.72. The van der Waals surface area contributed by atoms with Gasteiger partial charge in [-0.1, -0.05) is 11.6 Å². The van der Waals surface area contributed by atoms with Crippen LogP contribution in [0.2, 0.25) is 5.02 Å². The summed E-state index contributed by atoms with van der Waals surface area (Å²) < 4.78 is 15.8. The average molecular weight is 361 g/mol. The quantitative estimate of drug-likeness (QED) is 0.718. The molecule has 0 fully saturated rings. The number of aromatic nitrogens is 1. The van der Waals surface area contributed by atoms with Crippen LogP contribution < -0.4 is 19.5 Å². The van der Waals surface area contributed by atoms with Gasteiger partial charge in [0.1, 0.15) is 5.75 Å². The van der Waals surface area contributed by atoms with E-state index in [0.717, 1.165) is 10.9 Å². The number of carbonyl (C=O) groups is 1. The number of carbonyl (C=O) groups excluding carboxylic acids is 1. The highest BCUT2D eigenvalue weighted by atomic mass is 35.5. The number of amides is 1. The lowest BCUT2D eigenvalue weighted by atomic mass is 10.1. The molecule has 6 nitrogen and oxygen atoms in total. The van der Waals surface area contributed by atoms with Crippen LogP contribution in [0.3, 0.4) is 0 Å². The Morgan fingerprint density at radius 3 is 2.36 bits per heavy atom. The highest BCUT2D eigenvalue weighted by Gasteiger charge is 2.17. The third-order valence-electron chi connectivity index (χ3n) is 3.84. The molecule has 3 rings (SSSR count). The SMILES string of the molecule is COc1ccc(Cl)cc1NC(=O)c1c[nH]c2cc(OC)c(OC)cc12. The number of nitrogens with one attached hydrogen (secondary N) is 2. The Labute approximate surface area is 149 Å². The summed E-state index contributed by atoms with van der Waals surface area (Å²) in [5.74, 6) is 1.36. The summed E-state index contributed by atoms with van der Waals surface area (Å²) in [6.07, 6.45) is 1.63. The number of rotatable bonds is 5. The van der Waals surface area contributed by atoms with Gasteiger partial charge < -0.3 is 24.5 Å². The molecule has 2 aromatic carbocycles. The average Bonchev–Trinajstić information content (AvgIpc) is 3.03. The first kappa shape index (κ1) is 17.0. The first-order chi connectivity index (χ1) is 12.1. The van der Waals surface area contributed by atoms with Gasteiger partial charge in [0.25, 0.3) is 5.91 Å². The maximum atomic E-state index is 12.7. The van der Waals surface area contributed by atoms with Gasteiger partial charge in [-0.3, -0.25) is 4.79 Å². The molecule has 0 saturated carbocycles. The lowest BCUT2D eigenvalue weighted by Crippen LogP contribution is -2.12. The number of ether oxygens (including phenoxy) is 3. The second-order valence-electron chi connectivity index (χ2n) is 5.25. The molecule has 0 bridgehead atoms. The third-order valence-corrected chi connectivity index (χ3v) is 4.08. The number of anilines is 1. The lowest BCUT2D eigenvalue weighted by Gasteiger charge is -2.11. The Morgan fingerprint density at radius 1 is 1.00 bits per heavy atom. The van der Waals surface area contributed by atoms with Gasteiger partial charge in [0.05, 0.1) is 38.1 Å². The van der Waals surface area contributed by atoms with Crippen molar-refractivity contribution >= 4 is 34.1 Å². The summed E-state index contributed by atoms with van der Waals surface area (Å²) in [5.41, 5.74) is 1.73. The normalized spacial score (nSPS) is 10.6. The molecule has 3 aromatic rings. The fourth-order valence-electron chi connectivity index (χ4n) is 2.60. The van der Waals surface area contributed by atoms with Crippen molar-refractivity contribution in [1.29, 1.82) is 0 Å². The summed E-state index contributed by atoms with van der Waals surface area (Å²) in [6.45, 7) is 0. The predicted molar refractivity (Wildman–Crippen MR) is 97.4 cm³/mol. The molecule has 0 saturated heterocycles. The molecule has 0 aliphatic heterocycles. The van der Waals surface area contributed by atoms with E-state index in [1.54, 1.807) is 50.7 Å². The minimum atomic E-state index is -0.293. The zero-order valence-corrected chi connectivity index (χ0v) is 14.7. The van der Waals surface area contributed by atoms with E-state index >= 15 is 0 Å². The van der Waals surface area contributed by atoms with E-state index in [-0.39, 0.29) is 5.91 Å². The molecular weight excluding hydrogens is 344 g/mol. The van der Waals surface area contributed by atoms with Crippen LogP contribution in [0.25, 0.3) is 10.9 Å². The van der Waals surface area contributed by atoms with Crippen molar-refractivity contribution in [2.45, 2.75) is 0 Å². The Hall–Kier alpha value is -2.86. The molecule has 7 heteroatoms. The topological polar surface area (TPSA) is 72.6 Å². The van der Waals surface area contributed by atoms with Crippen LogP contribution in [0, 0.1) is 0 Å². The van der Waals surface area contributed by atoms with Gasteiger partial charge in [-0.05, 0) is 24.3 Å². The van der Waals surface area contributed by atoms with E-state index < -0.39 is 0 Å². The minimum absolute atomic E-state index is 0.293. The standard InChI is InChI=1S/C18H17ClN2O4/c1-23-15-5-4-10(19)6-14(15)21-18(22)12-9-20-13-8-17(25-3)16(24-2)7-11(12)13/h4-9,20H,1-3H3,(H,21,22). The maximum Gasteiger partial charge on any atom is 0.257 e. The monoisotopic (exact) mass is 360 g/mol. The molecule has 2 N–H and O–H groups in total. The molecule has 1 aromatic heterocycles. The van der Waals surface area contributed by atoms with E-state index in [9.17, 15) is 4.79 Å². The molecule has 0 radical (unpaired) electrons. The van der Waals surface area contributed by atoms with Crippen molar-refractivity contribution in [1.82, 2.24) is 4.98 Å². The Morgan fingerprint density at radius 2 is 1.68 bits per heavy atom. The zero-order valence-electron chi connectivity index (χ0n) is 14.0. The second kappa shape index (κ2) is 6.94. The number of methoxy groups -OCH3 is 3. The van der Waals surface area contributed by atoms with Crippen molar-refractivity contribution in [3.63, 3.8) is 0 Å². The van der Waals surface area contributed by atoms with E-state index in [1.807, 2.05) is 0 Å². The minimum Gasteiger partial charge on any atom is -0.495 e. The molecule has 0 aliphatic rings. The summed E-state index contributed by atoms with van der Waals surface area (Å²) in [6, 6.07) is 8.57. The number of H-pyrrole nitrogens is 1. The van der Waals surface area contributed by atoms with Crippen LogP contribution in [-0.2, 0) is 0 Å². The number of benzene rings is 2. The van der Waals surface area contributed by atoms with Crippen LogP contribution in [0.15, 0.2) is 36.5 Å². The van der Waals surface area contributed by atoms with Crippen molar-refractivity contribution in [2.75, 3.05) is 26.6 Å². The van der Waals surface area contributed by atoms with E-state index in [4.69, 9.17) is 25.8 Å².